The van der Waals surface area contributed by atoms with Crippen LogP contribution in [0.1, 0.15) is 43.1 Å². The van der Waals surface area contributed by atoms with Crippen molar-refractivity contribution >= 4 is 24.0 Å². The fraction of sp³-hybridized carbons (Fsp3) is 0.194. The average molecular weight is 519 g/mol. The molecule has 2 aromatic rings. The molecule has 0 atom stereocenters. The Hall–Kier alpha value is -4.65. The summed E-state index contributed by atoms with van der Waals surface area (Å²) in [5.74, 6) is -0.536. The monoisotopic (exact) mass is 518 g/mol. The summed E-state index contributed by atoms with van der Waals surface area (Å²) in [4.78, 5) is 35.4. The Labute approximate surface area is 224 Å². The first-order chi connectivity index (χ1) is 18.4. The molecule has 0 heterocycles. The zero-order valence-corrected chi connectivity index (χ0v) is 22.1. The molecule has 0 aliphatic heterocycles. The lowest BCUT2D eigenvalue weighted by Gasteiger charge is -2.08. The largest absolute Gasteiger partial charge is 0.493 e. The number of rotatable bonds is 13. The van der Waals surface area contributed by atoms with Gasteiger partial charge in [0, 0.05) is 18.6 Å². The number of carbonyl (C=O) groups excluding carboxylic acids is 3. The van der Waals surface area contributed by atoms with Gasteiger partial charge < -0.3 is 18.9 Å². The minimum atomic E-state index is -0.585. The van der Waals surface area contributed by atoms with Gasteiger partial charge in [-0.1, -0.05) is 57.3 Å². The fourth-order valence-corrected chi connectivity index (χ4v) is 2.63. The highest BCUT2D eigenvalue weighted by Crippen LogP contribution is 2.15. The van der Waals surface area contributed by atoms with Crippen molar-refractivity contribution < 1.29 is 33.3 Å². The van der Waals surface area contributed by atoms with E-state index < -0.39 is 17.9 Å². The van der Waals surface area contributed by atoms with Crippen molar-refractivity contribution in [2.24, 2.45) is 0 Å². The molecular formula is C31H34O7. The van der Waals surface area contributed by atoms with Gasteiger partial charge in [0.05, 0.1) is 18.8 Å². The first-order valence-electron chi connectivity index (χ1n) is 12.1. The predicted molar refractivity (Wildman–Crippen MR) is 148 cm³/mol. The van der Waals surface area contributed by atoms with E-state index in [9.17, 15) is 14.4 Å². The van der Waals surface area contributed by atoms with E-state index in [0.717, 1.165) is 11.6 Å². The molecule has 0 bridgehead atoms. The van der Waals surface area contributed by atoms with Crippen LogP contribution in [-0.2, 0) is 23.8 Å². The van der Waals surface area contributed by atoms with Gasteiger partial charge in [-0.15, -0.1) is 0 Å². The van der Waals surface area contributed by atoms with Gasteiger partial charge in [-0.05, 0) is 61.1 Å². The molecule has 0 aromatic heterocycles. The molecular weight excluding hydrogens is 484 g/mol. The molecule has 0 saturated heterocycles. The molecule has 7 heteroatoms. The highest BCUT2D eigenvalue weighted by molar-refractivity contribution is 5.90. The van der Waals surface area contributed by atoms with Crippen LogP contribution >= 0.6 is 0 Å². The Morgan fingerprint density at radius 1 is 0.816 bits per heavy atom. The van der Waals surface area contributed by atoms with Crippen LogP contribution in [0.2, 0.25) is 0 Å². The van der Waals surface area contributed by atoms with Crippen LogP contribution in [0, 0.1) is 0 Å². The standard InChI is InChI=1S/C29H28O7.C2H6/c1-4-25(16-12-22(3)35-28(31)19-13-23-10-7-6-8-11-23)36-29(32)24-14-17-26(18-15-24)33-20-9-21-34-27(30)5-2;1-2/h4-8,10-19H,1-2,9,20-21H2,3H3;1-2H3/b19-13+,22-12+,25-16+;. The molecule has 0 radical (unpaired) electrons. The second-order valence-electron chi connectivity index (χ2n) is 7.20. The fourth-order valence-electron chi connectivity index (χ4n) is 2.63. The molecule has 0 N–H and O–H groups in total. The van der Waals surface area contributed by atoms with E-state index >= 15 is 0 Å². The number of hydrogen-bond acceptors (Lipinski definition) is 7. The summed E-state index contributed by atoms with van der Waals surface area (Å²) in [6.07, 6.45) is 8.95. The van der Waals surface area contributed by atoms with Gasteiger partial charge in [-0.25, -0.2) is 14.4 Å². The van der Waals surface area contributed by atoms with Crippen molar-refractivity contribution in [1.82, 2.24) is 0 Å². The third-order valence-electron chi connectivity index (χ3n) is 4.43. The molecule has 2 rings (SSSR count). The third-order valence-corrected chi connectivity index (χ3v) is 4.43. The van der Waals surface area contributed by atoms with Crippen LogP contribution < -0.4 is 4.74 Å². The van der Waals surface area contributed by atoms with Gasteiger partial charge >= 0.3 is 17.9 Å². The van der Waals surface area contributed by atoms with Crippen LogP contribution in [0.5, 0.6) is 5.75 Å². The minimum absolute atomic E-state index is 0.185. The summed E-state index contributed by atoms with van der Waals surface area (Å²) >= 11 is 0. The van der Waals surface area contributed by atoms with E-state index in [1.807, 2.05) is 44.2 Å². The van der Waals surface area contributed by atoms with Crippen LogP contribution in [0.4, 0.5) is 0 Å². The summed E-state index contributed by atoms with van der Waals surface area (Å²) in [6, 6.07) is 15.8. The number of esters is 3. The zero-order chi connectivity index (χ0) is 28.2. The van der Waals surface area contributed by atoms with Crippen LogP contribution in [0.15, 0.2) is 110 Å². The highest BCUT2D eigenvalue weighted by Gasteiger charge is 2.09. The van der Waals surface area contributed by atoms with Gasteiger partial charge in [-0.2, -0.15) is 0 Å². The lowest BCUT2D eigenvalue weighted by molar-refractivity contribution is -0.138. The van der Waals surface area contributed by atoms with E-state index in [1.165, 1.54) is 24.3 Å². The average Bonchev–Trinajstić information content (AvgIpc) is 2.95. The van der Waals surface area contributed by atoms with Crippen LogP contribution in [0.3, 0.4) is 0 Å². The Balaban J connectivity index is 0.00000352. The number of hydrogen-bond donors (Lipinski definition) is 0. The Kier molecular flexibility index (Phi) is 15.4. The van der Waals surface area contributed by atoms with Crippen LogP contribution in [0.25, 0.3) is 6.08 Å². The van der Waals surface area contributed by atoms with Gasteiger partial charge in [0.2, 0.25) is 0 Å². The zero-order valence-electron chi connectivity index (χ0n) is 22.1. The van der Waals surface area contributed by atoms with E-state index in [2.05, 4.69) is 13.2 Å². The number of benzene rings is 2. The predicted octanol–water partition coefficient (Wildman–Crippen LogP) is 6.60. The normalized spacial score (nSPS) is 11.0. The van der Waals surface area contributed by atoms with E-state index in [4.69, 9.17) is 18.9 Å². The maximum Gasteiger partial charge on any atom is 0.343 e. The van der Waals surface area contributed by atoms with Gasteiger partial charge in [0.15, 0.2) is 0 Å². The molecule has 0 amide bonds. The third kappa shape index (κ3) is 12.9. The lowest BCUT2D eigenvalue weighted by Crippen LogP contribution is -2.07. The molecule has 0 saturated carbocycles. The van der Waals surface area contributed by atoms with Crippen molar-refractivity contribution in [3.05, 3.63) is 121 Å². The second-order valence-corrected chi connectivity index (χ2v) is 7.20. The maximum atomic E-state index is 12.4. The van der Waals surface area contributed by atoms with E-state index in [0.29, 0.717) is 30.1 Å². The molecule has 0 unspecified atom stereocenters. The minimum Gasteiger partial charge on any atom is -0.493 e. The number of carbonyl (C=O) groups is 3. The smallest absolute Gasteiger partial charge is 0.343 e. The van der Waals surface area contributed by atoms with E-state index in [1.54, 1.807) is 37.3 Å². The molecule has 7 nitrogen and oxygen atoms in total. The topological polar surface area (TPSA) is 88.1 Å². The van der Waals surface area contributed by atoms with Gasteiger partial charge in [0.25, 0.3) is 0 Å². The highest BCUT2D eigenvalue weighted by atomic mass is 16.5. The molecule has 0 aliphatic carbocycles. The van der Waals surface area contributed by atoms with Gasteiger partial charge in [-0.3, -0.25) is 0 Å². The SMILES string of the molecule is C=CC(=O)OCCCOc1ccc(C(=O)O/C(C=C)=C/C=C(\C)OC(=O)/C=C/c2ccccc2)cc1.CC. The Bertz CT molecular complexity index is 1140. The molecule has 200 valence electrons. The number of ether oxygens (including phenoxy) is 4. The summed E-state index contributed by atoms with van der Waals surface area (Å²) < 4.78 is 21.0. The first-order valence-corrected chi connectivity index (χ1v) is 12.1. The molecule has 0 aliphatic rings. The Morgan fingerprint density at radius 2 is 1.50 bits per heavy atom. The number of allylic oxidation sites excluding steroid dienone is 4. The summed E-state index contributed by atoms with van der Waals surface area (Å²) in [6.45, 7) is 13.1. The van der Waals surface area contributed by atoms with Crippen molar-refractivity contribution in [1.29, 1.82) is 0 Å². The van der Waals surface area contributed by atoms with Crippen LogP contribution in [-0.4, -0.2) is 31.1 Å². The van der Waals surface area contributed by atoms with Crippen molar-refractivity contribution in [2.45, 2.75) is 27.2 Å². The Morgan fingerprint density at radius 3 is 2.13 bits per heavy atom. The summed E-state index contributed by atoms with van der Waals surface area (Å²) in [7, 11) is 0. The summed E-state index contributed by atoms with van der Waals surface area (Å²) in [5.41, 5.74) is 1.19. The molecule has 0 spiro atoms. The van der Waals surface area contributed by atoms with Crippen molar-refractivity contribution in [2.75, 3.05) is 13.2 Å². The quantitative estimate of drug-likeness (QED) is 0.0737. The molecule has 38 heavy (non-hydrogen) atoms. The van der Waals surface area contributed by atoms with E-state index in [-0.39, 0.29) is 12.4 Å². The van der Waals surface area contributed by atoms with Gasteiger partial charge in [0.1, 0.15) is 17.3 Å². The lowest BCUT2D eigenvalue weighted by atomic mass is 10.2. The van der Waals surface area contributed by atoms with Crippen molar-refractivity contribution in [3.8, 4) is 5.75 Å². The second kappa shape index (κ2) is 18.6. The van der Waals surface area contributed by atoms with Crippen molar-refractivity contribution in [3.63, 3.8) is 0 Å². The molecule has 0 fully saturated rings. The maximum absolute atomic E-state index is 12.4. The summed E-state index contributed by atoms with van der Waals surface area (Å²) in [5, 5.41) is 0. The molecule has 2 aromatic carbocycles. The first kappa shape index (κ1) is 31.4.